The number of H-pyrrole nitrogens is 1. The molecule has 23 heavy (non-hydrogen) atoms. The normalized spacial score (nSPS) is 12.0. The summed E-state index contributed by atoms with van der Waals surface area (Å²) in [6.45, 7) is 4.65. The lowest BCUT2D eigenvalue weighted by Crippen LogP contribution is -2.23. The number of aromatic nitrogens is 1. The molecule has 0 saturated heterocycles. The fourth-order valence-electron chi connectivity index (χ4n) is 2.31. The van der Waals surface area contributed by atoms with Crippen LogP contribution < -0.4 is 10.7 Å². The smallest absolute Gasteiger partial charge is 0.369 e. The van der Waals surface area contributed by atoms with Crippen LogP contribution >= 0.6 is 11.6 Å². The molecular weight excluding hydrogens is 333 g/mol. The summed E-state index contributed by atoms with van der Waals surface area (Å²) in [5.74, 6) is -0.581. The van der Waals surface area contributed by atoms with E-state index in [1.807, 2.05) is 0 Å². The van der Waals surface area contributed by atoms with Crippen molar-refractivity contribution in [2.75, 3.05) is 5.32 Å². The Morgan fingerprint density at radius 3 is 2.39 bits per heavy atom. The predicted octanol–water partition coefficient (Wildman–Crippen LogP) is 4.22. The van der Waals surface area contributed by atoms with Gasteiger partial charge in [0.05, 0.1) is 11.1 Å². The highest BCUT2D eigenvalue weighted by Crippen LogP contribution is 2.36. The van der Waals surface area contributed by atoms with Crippen molar-refractivity contribution < 1.29 is 18.0 Å². The zero-order valence-electron chi connectivity index (χ0n) is 12.6. The molecule has 0 bridgehead atoms. The SMILES string of the molecule is CC(=O)c1c(NC(C)C)[nH]c2c(C(F)(F)F)cc(Cl)cc2c1=O. The van der Waals surface area contributed by atoms with Crippen LogP contribution in [0.15, 0.2) is 16.9 Å². The monoisotopic (exact) mass is 346 g/mol. The number of pyridine rings is 1. The van der Waals surface area contributed by atoms with Crippen molar-refractivity contribution >= 4 is 34.1 Å². The third-order valence-electron chi connectivity index (χ3n) is 3.17. The van der Waals surface area contributed by atoms with Gasteiger partial charge in [0, 0.05) is 16.5 Å². The minimum Gasteiger partial charge on any atom is -0.369 e. The average Bonchev–Trinajstić information content (AvgIpc) is 2.36. The molecule has 0 aliphatic rings. The molecule has 124 valence electrons. The highest BCUT2D eigenvalue weighted by Gasteiger charge is 2.34. The van der Waals surface area contributed by atoms with E-state index < -0.39 is 28.5 Å². The summed E-state index contributed by atoms with van der Waals surface area (Å²) in [7, 11) is 0. The summed E-state index contributed by atoms with van der Waals surface area (Å²) >= 11 is 5.70. The van der Waals surface area contributed by atoms with Crippen LogP contribution in [0.25, 0.3) is 10.9 Å². The summed E-state index contributed by atoms with van der Waals surface area (Å²) in [4.78, 5) is 26.8. The fourth-order valence-corrected chi connectivity index (χ4v) is 2.53. The molecule has 0 saturated carbocycles. The second kappa shape index (κ2) is 5.88. The van der Waals surface area contributed by atoms with Gasteiger partial charge in [0.1, 0.15) is 11.4 Å². The Kier molecular flexibility index (Phi) is 4.43. The highest BCUT2D eigenvalue weighted by molar-refractivity contribution is 6.31. The van der Waals surface area contributed by atoms with Crippen molar-refractivity contribution in [3.63, 3.8) is 0 Å². The van der Waals surface area contributed by atoms with Crippen LogP contribution in [0, 0.1) is 0 Å². The quantitative estimate of drug-likeness (QED) is 0.818. The number of aromatic amines is 1. The number of ketones is 1. The number of rotatable bonds is 3. The molecule has 1 aromatic carbocycles. The molecule has 2 aromatic rings. The lowest BCUT2D eigenvalue weighted by atomic mass is 10.0. The second-order valence-corrected chi connectivity index (χ2v) is 5.87. The van der Waals surface area contributed by atoms with Crippen LogP contribution in [0.2, 0.25) is 5.02 Å². The molecule has 0 atom stereocenters. The zero-order chi connectivity index (χ0) is 17.5. The van der Waals surface area contributed by atoms with Gasteiger partial charge < -0.3 is 10.3 Å². The number of benzene rings is 1. The molecule has 0 radical (unpaired) electrons. The topological polar surface area (TPSA) is 62.0 Å². The number of hydrogen-bond donors (Lipinski definition) is 2. The Bertz CT molecular complexity index is 841. The van der Waals surface area contributed by atoms with E-state index in [-0.39, 0.29) is 27.8 Å². The molecule has 2 rings (SSSR count). The van der Waals surface area contributed by atoms with Gasteiger partial charge in [-0.2, -0.15) is 13.2 Å². The van der Waals surface area contributed by atoms with E-state index in [2.05, 4.69) is 10.3 Å². The van der Waals surface area contributed by atoms with Gasteiger partial charge in [-0.1, -0.05) is 11.6 Å². The van der Waals surface area contributed by atoms with Crippen molar-refractivity contribution in [2.45, 2.75) is 33.0 Å². The number of hydrogen-bond acceptors (Lipinski definition) is 3. The van der Waals surface area contributed by atoms with E-state index in [0.717, 1.165) is 12.1 Å². The molecule has 0 fully saturated rings. The van der Waals surface area contributed by atoms with E-state index >= 15 is 0 Å². The van der Waals surface area contributed by atoms with Gasteiger partial charge in [-0.05, 0) is 32.9 Å². The lowest BCUT2D eigenvalue weighted by molar-refractivity contribution is -0.136. The lowest BCUT2D eigenvalue weighted by Gasteiger charge is -2.17. The molecule has 8 heteroatoms. The summed E-state index contributed by atoms with van der Waals surface area (Å²) in [5, 5.41) is 2.30. The molecule has 0 amide bonds. The van der Waals surface area contributed by atoms with E-state index in [4.69, 9.17) is 11.6 Å². The summed E-state index contributed by atoms with van der Waals surface area (Å²) < 4.78 is 39.6. The Hall–Kier alpha value is -2.02. The van der Waals surface area contributed by atoms with E-state index in [1.54, 1.807) is 13.8 Å². The standard InChI is InChI=1S/C15H14ClF3N2O2/c1-6(2)20-14-11(7(3)22)13(23)9-4-8(16)5-10(12(9)21-14)15(17,18)19/h4-6H,1-3H3,(H2,20,21,23). The molecule has 0 unspecified atom stereocenters. The number of fused-ring (bicyclic) bond motifs is 1. The van der Waals surface area contributed by atoms with Crippen LogP contribution in [-0.2, 0) is 6.18 Å². The Morgan fingerprint density at radius 2 is 1.91 bits per heavy atom. The van der Waals surface area contributed by atoms with Crippen LogP contribution in [0.1, 0.15) is 36.7 Å². The van der Waals surface area contributed by atoms with Gasteiger partial charge >= 0.3 is 6.18 Å². The molecule has 0 aliphatic heterocycles. The van der Waals surface area contributed by atoms with Crippen molar-refractivity contribution in [1.82, 2.24) is 4.98 Å². The Morgan fingerprint density at radius 1 is 1.30 bits per heavy atom. The summed E-state index contributed by atoms with van der Waals surface area (Å²) in [6, 6.07) is 1.67. The molecule has 4 nitrogen and oxygen atoms in total. The highest BCUT2D eigenvalue weighted by atomic mass is 35.5. The van der Waals surface area contributed by atoms with Crippen molar-refractivity contribution in [2.24, 2.45) is 0 Å². The van der Waals surface area contributed by atoms with Gasteiger partial charge in [-0.25, -0.2) is 0 Å². The number of carbonyl (C=O) groups excluding carboxylic acids is 1. The molecular formula is C15H14ClF3N2O2. The summed E-state index contributed by atoms with van der Waals surface area (Å²) in [5.41, 5.74) is -2.47. The van der Waals surface area contributed by atoms with Gasteiger partial charge in [-0.15, -0.1) is 0 Å². The first kappa shape index (κ1) is 17.3. The Balaban J connectivity index is 2.97. The number of Topliss-reactive ketones (excluding diaryl/α,β-unsaturated/α-hetero) is 1. The second-order valence-electron chi connectivity index (χ2n) is 5.43. The number of anilines is 1. The van der Waals surface area contributed by atoms with Crippen molar-refractivity contribution in [3.8, 4) is 0 Å². The largest absolute Gasteiger partial charge is 0.418 e. The molecule has 1 aromatic heterocycles. The van der Waals surface area contributed by atoms with Crippen molar-refractivity contribution in [3.05, 3.63) is 38.5 Å². The summed E-state index contributed by atoms with van der Waals surface area (Å²) in [6.07, 6.45) is -4.70. The number of carbonyl (C=O) groups is 1. The number of alkyl halides is 3. The minimum atomic E-state index is -4.70. The third kappa shape index (κ3) is 3.34. The molecule has 2 N–H and O–H groups in total. The number of halogens is 4. The van der Waals surface area contributed by atoms with E-state index in [1.165, 1.54) is 6.92 Å². The third-order valence-corrected chi connectivity index (χ3v) is 3.38. The first-order chi connectivity index (χ1) is 10.5. The maximum Gasteiger partial charge on any atom is 0.418 e. The van der Waals surface area contributed by atoms with Crippen LogP contribution in [0.5, 0.6) is 0 Å². The van der Waals surface area contributed by atoms with E-state index in [9.17, 15) is 22.8 Å². The zero-order valence-corrected chi connectivity index (χ0v) is 13.3. The van der Waals surface area contributed by atoms with Gasteiger partial charge in [-0.3, -0.25) is 9.59 Å². The Labute approximate surface area is 134 Å². The van der Waals surface area contributed by atoms with E-state index in [0.29, 0.717) is 0 Å². The fraction of sp³-hybridized carbons (Fsp3) is 0.333. The molecule has 0 spiro atoms. The van der Waals surface area contributed by atoms with Gasteiger partial charge in [0.25, 0.3) is 0 Å². The maximum atomic E-state index is 13.2. The van der Waals surface area contributed by atoms with Crippen LogP contribution in [0.4, 0.5) is 19.0 Å². The van der Waals surface area contributed by atoms with Crippen LogP contribution in [0.3, 0.4) is 0 Å². The molecule has 0 aliphatic carbocycles. The van der Waals surface area contributed by atoms with Crippen molar-refractivity contribution in [1.29, 1.82) is 0 Å². The average molecular weight is 347 g/mol. The van der Waals surface area contributed by atoms with Gasteiger partial charge in [0.15, 0.2) is 5.78 Å². The van der Waals surface area contributed by atoms with Crippen LogP contribution in [-0.4, -0.2) is 16.8 Å². The minimum absolute atomic E-state index is 0.0298. The van der Waals surface area contributed by atoms with Gasteiger partial charge in [0.2, 0.25) is 5.43 Å². The number of nitrogens with one attached hydrogen (secondary N) is 2. The first-order valence-corrected chi connectivity index (χ1v) is 7.14. The predicted molar refractivity (Wildman–Crippen MR) is 83.3 cm³/mol. The first-order valence-electron chi connectivity index (χ1n) is 6.76. The maximum absolute atomic E-state index is 13.2. The molecule has 1 heterocycles.